The van der Waals surface area contributed by atoms with Crippen LogP contribution in [0.3, 0.4) is 0 Å². The Morgan fingerprint density at radius 2 is 1.86 bits per heavy atom. The summed E-state index contributed by atoms with van der Waals surface area (Å²) in [4.78, 5) is 25.4. The predicted octanol–water partition coefficient (Wildman–Crippen LogP) is 3.90. The maximum atomic E-state index is 12.5. The van der Waals surface area contributed by atoms with Gasteiger partial charge in [-0.1, -0.05) is 48.4 Å². The minimum Gasteiger partial charge on any atom is -0.308 e. The van der Waals surface area contributed by atoms with Crippen LogP contribution >= 0.6 is 0 Å². The number of ketones is 1. The average Bonchev–Trinajstić information content (AvgIpc) is 2.72. The fourth-order valence-electron chi connectivity index (χ4n) is 3.69. The molecule has 0 aliphatic carbocycles. The number of nitro groups is 1. The Hall–Kier alpha value is -2.57. The number of nitrogens with zero attached hydrogens (tertiary/aromatic N) is 2. The van der Waals surface area contributed by atoms with E-state index >= 15 is 0 Å². The number of benzene rings is 2. The van der Waals surface area contributed by atoms with E-state index in [-0.39, 0.29) is 24.1 Å². The van der Waals surface area contributed by atoms with Gasteiger partial charge in [0.15, 0.2) is 5.78 Å². The molecule has 1 heterocycles. The highest BCUT2D eigenvalue weighted by Crippen LogP contribution is 2.24. The van der Waals surface area contributed by atoms with Crippen molar-refractivity contribution in [2.24, 2.45) is 0 Å². The first-order valence-corrected chi connectivity index (χ1v) is 9.83. The van der Waals surface area contributed by atoms with Gasteiger partial charge < -0.3 is 5.32 Å². The molecule has 0 amide bonds. The molecule has 2 aromatic carbocycles. The van der Waals surface area contributed by atoms with Crippen molar-refractivity contribution < 1.29 is 9.72 Å². The molecule has 1 atom stereocenters. The second-order valence-corrected chi connectivity index (χ2v) is 7.38. The number of nitrogens with one attached hydrogen (secondary N) is 1. The van der Waals surface area contributed by atoms with Crippen molar-refractivity contribution in [3.05, 3.63) is 75.3 Å². The monoisotopic (exact) mass is 381 g/mol. The molecule has 1 N–H and O–H groups in total. The molecule has 28 heavy (non-hydrogen) atoms. The number of rotatable bonds is 8. The fourth-order valence-corrected chi connectivity index (χ4v) is 3.69. The minimum absolute atomic E-state index is 0.0586. The lowest BCUT2D eigenvalue weighted by atomic mass is 10.0. The van der Waals surface area contributed by atoms with Gasteiger partial charge in [0.2, 0.25) is 0 Å². The van der Waals surface area contributed by atoms with Crippen LogP contribution in [-0.4, -0.2) is 41.8 Å². The van der Waals surface area contributed by atoms with Crippen LogP contribution in [0.4, 0.5) is 5.69 Å². The van der Waals surface area contributed by atoms with Gasteiger partial charge in [-0.3, -0.25) is 19.8 Å². The fraction of sp³-hybridized carbons (Fsp3) is 0.409. The summed E-state index contributed by atoms with van der Waals surface area (Å²) < 4.78 is 0. The Morgan fingerprint density at radius 1 is 1.14 bits per heavy atom. The number of hydrogen-bond donors (Lipinski definition) is 1. The van der Waals surface area contributed by atoms with Crippen molar-refractivity contribution in [2.45, 2.75) is 32.2 Å². The maximum absolute atomic E-state index is 12.5. The SMILES string of the molecule is Cc1ccc(C(CNCC(=O)c2cccc([N+](=O)[O-])c2)N2CCCCC2)cc1. The number of hydrogen-bond acceptors (Lipinski definition) is 5. The molecule has 148 valence electrons. The highest BCUT2D eigenvalue weighted by molar-refractivity contribution is 5.98. The molecule has 1 fully saturated rings. The van der Waals surface area contributed by atoms with E-state index in [2.05, 4.69) is 41.4 Å². The molecule has 6 nitrogen and oxygen atoms in total. The number of Topliss-reactive ketones (excluding diaryl/α,β-unsaturated/α-hetero) is 1. The Morgan fingerprint density at radius 3 is 2.54 bits per heavy atom. The van der Waals surface area contributed by atoms with E-state index in [1.165, 1.54) is 42.5 Å². The van der Waals surface area contributed by atoms with E-state index in [0.717, 1.165) is 13.1 Å². The third-order valence-corrected chi connectivity index (χ3v) is 5.30. The number of likely N-dealkylation sites (tertiary alicyclic amines) is 1. The lowest BCUT2D eigenvalue weighted by molar-refractivity contribution is -0.384. The zero-order chi connectivity index (χ0) is 19.9. The Labute approximate surface area is 165 Å². The van der Waals surface area contributed by atoms with Crippen LogP contribution < -0.4 is 5.32 Å². The summed E-state index contributed by atoms with van der Waals surface area (Å²) in [6, 6.07) is 14.7. The van der Waals surface area contributed by atoms with Gasteiger partial charge in [-0.25, -0.2) is 0 Å². The first-order chi connectivity index (χ1) is 13.5. The second kappa shape index (κ2) is 9.57. The summed E-state index contributed by atoms with van der Waals surface area (Å²) in [6.45, 7) is 5.05. The first-order valence-electron chi connectivity index (χ1n) is 9.83. The summed E-state index contributed by atoms with van der Waals surface area (Å²) in [5.41, 5.74) is 2.79. The number of aryl methyl sites for hydroxylation is 1. The number of nitro benzene ring substituents is 1. The van der Waals surface area contributed by atoms with E-state index in [9.17, 15) is 14.9 Å². The van der Waals surface area contributed by atoms with Gasteiger partial charge in [0.05, 0.1) is 11.5 Å². The lowest BCUT2D eigenvalue weighted by Crippen LogP contribution is -2.40. The van der Waals surface area contributed by atoms with Crippen LogP contribution in [0.1, 0.15) is 46.8 Å². The zero-order valence-corrected chi connectivity index (χ0v) is 16.3. The van der Waals surface area contributed by atoms with E-state index in [1.54, 1.807) is 12.1 Å². The van der Waals surface area contributed by atoms with Crippen molar-refractivity contribution in [1.29, 1.82) is 0 Å². The molecule has 1 aliphatic heterocycles. The van der Waals surface area contributed by atoms with Gasteiger partial charge in [-0.2, -0.15) is 0 Å². The number of non-ortho nitro benzene ring substituents is 1. The van der Waals surface area contributed by atoms with Crippen LogP contribution in [0.2, 0.25) is 0 Å². The third-order valence-electron chi connectivity index (χ3n) is 5.30. The molecule has 1 saturated heterocycles. The topological polar surface area (TPSA) is 75.5 Å². The van der Waals surface area contributed by atoms with Crippen LogP contribution in [0.15, 0.2) is 48.5 Å². The summed E-state index contributed by atoms with van der Waals surface area (Å²) in [6.07, 6.45) is 3.68. The Kier molecular flexibility index (Phi) is 6.90. The van der Waals surface area contributed by atoms with Gasteiger partial charge in [-0.05, 0) is 38.4 Å². The van der Waals surface area contributed by atoms with Crippen molar-refractivity contribution in [3.63, 3.8) is 0 Å². The van der Waals surface area contributed by atoms with Crippen molar-refractivity contribution in [2.75, 3.05) is 26.2 Å². The molecule has 6 heteroatoms. The molecule has 0 spiro atoms. The lowest BCUT2D eigenvalue weighted by Gasteiger charge is -2.35. The molecular formula is C22H27N3O3. The molecule has 0 saturated carbocycles. The van der Waals surface area contributed by atoms with Gasteiger partial charge in [0, 0.05) is 30.3 Å². The zero-order valence-electron chi connectivity index (χ0n) is 16.3. The largest absolute Gasteiger partial charge is 0.308 e. The smallest absolute Gasteiger partial charge is 0.270 e. The normalized spacial score (nSPS) is 15.9. The Bertz CT molecular complexity index is 814. The molecule has 1 unspecified atom stereocenters. The van der Waals surface area contributed by atoms with Gasteiger partial charge in [0.25, 0.3) is 5.69 Å². The van der Waals surface area contributed by atoms with Crippen LogP contribution in [-0.2, 0) is 0 Å². The van der Waals surface area contributed by atoms with Gasteiger partial charge >= 0.3 is 0 Å². The van der Waals surface area contributed by atoms with Gasteiger partial charge in [-0.15, -0.1) is 0 Å². The summed E-state index contributed by atoms with van der Waals surface area (Å²) in [5.74, 6) is -0.134. The van der Waals surface area contributed by atoms with Crippen LogP contribution in [0.5, 0.6) is 0 Å². The molecule has 1 aliphatic rings. The van der Waals surface area contributed by atoms with Crippen molar-refractivity contribution in [1.82, 2.24) is 10.2 Å². The highest BCUT2D eigenvalue weighted by Gasteiger charge is 2.22. The van der Waals surface area contributed by atoms with E-state index in [0.29, 0.717) is 12.1 Å². The predicted molar refractivity (Wildman–Crippen MR) is 110 cm³/mol. The maximum Gasteiger partial charge on any atom is 0.270 e. The van der Waals surface area contributed by atoms with Gasteiger partial charge in [0.1, 0.15) is 0 Å². The molecule has 0 radical (unpaired) electrons. The van der Waals surface area contributed by atoms with E-state index in [4.69, 9.17) is 0 Å². The molecule has 0 bridgehead atoms. The Balaban J connectivity index is 1.64. The van der Waals surface area contributed by atoms with E-state index < -0.39 is 4.92 Å². The second-order valence-electron chi connectivity index (χ2n) is 7.38. The molecular weight excluding hydrogens is 354 g/mol. The van der Waals surface area contributed by atoms with E-state index in [1.807, 2.05) is 0 Å². The summed E-state index contributed by atoms with van der Waals surface area (Å²) >= 11 is 0. The summed E-state index contributed by atoms with van der Waals surface area (Å²) in [7, 11) is 0. The molecule has 2 aromatic rings. The quantitative estimate of drug-likeness (QED) is 0.426. The minimum atomic E-state index is -0.478. The number of piperidine rings is 1. The van der Waals surface area contributed by atoms with Crippen LogP contribution in [0.25, 0.3) is 0 Å². The number of carbonyl (C=O) groups excluding carboxylic acids is 1. The first kappa shape index (κ1) is 20.2. The molecule has 0 aromatic heterocycles. The average molecular weight is 381 g/mol. The third kappa shape index (κ3) is 5.24. The molecule has 3 rings (SSSR count). The summed E-state index contributed by atoms with van der Waals surface area (Å²) in [5, 5.41) is 14.2. The van der Waals surface area contributed by atoms with Crippen molar-refractivity contribution in [3.8, 4) is 0 Å². The van der Waals surface area contributed by atoms with Crippen LogP contribution in [0, 0.1) is 17.0 Å². The van der Waals surface area contributed by atoms with Crippen molar-refractivity contribution >= 4 is 11.5 Å². The standard InChI is InChI=1S/C22H27N3O3/c1-17-8-10-18(11-9-17)21(24-12-3-2-4-13-24)15-23-16-22(26)19-6-5-7-20(14-19)25(27)28/h5-11,14,21,23H,2-4,12-13,15-16H2,1H3. The number of carbonyl (C=O) groups is 1. The highest BCUT2D eigenvalue weighted by atomic mass is 16.6.